The molecule has 0 bridgehead atoms. The lowest BCUT2D eigenvalue weighted by atomic mass is 10.1. The molecule has 0 aliphatic heterocycles. The first-order chi connectivity index (χ1) is 5.54. The van der Waals surface area contributed by atoms with Crippen LogP contribution in [0.15, 0.2) is 24.8 Å². The fourth-order valence-corrected chi connectivity index (χ4v) is 0.464. The lowest BCUT2D eigenvalue weighted by Gasteiger charge is -1.95. The molecule has 3 heteroatoms. The number of allylic oxidation sites excluding steroid dienone is 1. The summed E-state index contributed by atoms with van der Waals surface area (Å²) in [5.74, 6) is -0.833. The van der Waals surface area contributed by atoms with Gasteiger partial charge in [-0.3, -0.25) is 4.79 Å². The summed E-state index contributed by atoms with van der Waals surface area (Å²) < 4.78 is 0. The Hall–Kier alpha value is -1.09. The van der Waals surface area contributed by atoms with Gasteiger partial charge in [0.15, 0.2) is 0 Å². The summed E-state index contributed by atoms with van der Waals surface area (Å²) in [5, 5.41) is 15.8. The van der Waals surface area contributed by atoms with Gasteiger partial charge >= 0.3 is 0 Å². The Morgan fingerprint density at radius 1 is 1.58 bits per heavy atom. The monoisotopic (exact) mass is 172 g/mol. The summed E-state index contributed by atoms with van der Waals surface area (Å²) in [5.41, 5.74) is 1.04. The number of carboxylic acids is 1. The molecular formula is C9H16O3. The van der Waals surface area contributed by atoms with Crippen LogP contribution in [0.5, 0.6) is 0 Å². The molecular weight excluding hydrogens is 156 g/mol. The molecule has 70 valence electrons. The minimum atomic E-state index is -0.833. The normalized spacial score (nSPS) is 7.83. The molecule has 12 heavy (non-hydrogen) atoms. The fraction of sp³-hybridized carbons (Fsp3) is 0.444. The van der Waals surface area contributed by atoms with Crippen molar-refractivity contribution in [3.05, 3.63) is 24.8 Å². The molecule has 3 nitrogen and oxygen atoms in total. The van der Waals surface area contributed by atoms with E-state index in [2.05, 4.69) is 13.2 Å². The highest BCUT2D eigenvalue weighted by Gasteiger charge is 1.86. The lowest BCUT2D eigenvalue weighted by molar-refractivity contribution is -0.134. The van der Waals surface area contributed by atoms with E-state index in [0.717, 1.165) is 18.9 Å². The van der Waals surface area contributed by atoms with Crippen LogP contribution in [0.25, 0.3) is 0 Å². The molecule has 0 fully saturated rings. The van der Waals surface area contributed by atoms with Gasteiger partial charge in [0.2, 0.25) is 0 Å². The fourth-order valence-electron chi connectivity index (χ4n) is 0.464. The maximum absolute atomic E-state index is 9.00. The molecule has 0 aromatic rings. The summed E-state index contributed by atoms with van der Waals surface area (Å²) in [4.78, 5) is 9.00. The Balaban J connectivity index is 0. The van der Waals surface area contributed by atoms with Gasteiger partial charge in [0.25, 0.3) is 5.97 Å². The van der Waals surface area contributed by atoms with E-state index in [9.17, 15) is 0 Å². The molecule has 0 aromatic heterocycles. The predicted molar refractivity (Wildman–Crippen MR) is 49.0 cm³/mol. The molecule has 0 heterocycles. The van der Waals surface area contributed by atoms with E-state index in [1.807, 2.05) is 0 Å². The van der Waals surface area contributed by atoms with Gasteiger partial charge in [0, 0.05) is 13.5 Å². The maximum Gasteiger partial charge on any atom is 0.300 e. The molecule has 0 atom stereocenters. The van der Waals surface area contributed by atoms with Crippen LogP contribution < -0.4 is 0 Å². The first-order valence-corrected chi connectivity index (χ1v) is 3.62. The van der Waals surface area contributed by atoms with Crippen molar-refractivity contribution >= 4 is 5.97 Å². The zero-order valence-electron chi connectivity index (χ0n) is 7.42. The van der Waals surface area contributed by atoms with Gasteiger partial charge < -0.3 is 10.2 Å². The van der Waals surface area contributed by atoms with Crippen molar-refractivity contribution in [1.29, 1.82) is 0 Å². The molecule has 0 radical (unpaired) electrons. The number of aliphatic hydroxyl groups is 1. The van der Waals surface area contributed by atoms with Gasteiger partial charge in [0.1, 0.15) is 0 Å². The molecule has 0 rings (SSSR count). The third-order valence-corrected chi connectivity index (χ3v) is 0.898. The van der Waals surface area contributed by atoms with Gasteiger partial charge in [-0.25, -0.2) is 0 Å². The molecule has 0 saturated carbocycles. The highest BCUT2D eigenvalue weighted by molar-refractivity contribution is 5.62. The maximum atomic E-state index is 9.00. The summed E-state index contributed by atoms with van der Waals surface area (Å²) in [6, 6.07) is 0. The van der Waals surface area contributed by atoms with Crippen molar-refractivity contribution in [1.82, 2.24) is 0 Å². The number of hydrogen-bond donors (Lipinski definition) is 2. The summed E-state index contributed by atoms with van der Waals surface area (Å²) in [6.45, 7) is 8.53. The van der Waals surface area contributed by atoms with E-state index in [0.29, 0.717) is 6.42 Å². The molecule has 0 aliphatic carbocycles. The number of carboxylic acid groups (broad SMARTS) is 1. The van der Waals surface area contributed by atoms with Crippen LogP contribution in [0.3, 0.4) is 0 Å². The summed E-state index contributed by atoms with van der Waals surface area (Å²) in [7, 11) is 0. The van der Waals surface area contributed by atoms with E-state index < -0.39 is 5.97 Å². The molecule has 0 aliphatic rings. The average molecular weight is 172 g/mol. The number of carbonyl (C=O) groups is 1. The second kappa shape index (κ2) is 9.91. The van der Waals surface area contributed by atoms with Gasteiger partial charge in [0.05, 0.1) is 0 Å². The minimum absolute atomic E-state index is 0.201. The van der Waals surface area contributed by atoms with Crippen LogP contribution in [0.1, 0.15) is 19.8 Å². The molecule has 0 spiro atoms. The minimum Gasteiger partial charge on any atom is -0.481 e. The first-order valence-electron chi connectivity index (χ1n) is 3.62. The average Bonchev–Trinajstić information content (AvgIpc) is 1.87. The van der Waals surface area contributed by atoms with E-state index >= 15 is 0 Å². The van der Waals surface area contributed by atoms with Crippen LogP contribution >= 0.6 is 0 Å². The second-order valence-corrected chi connectivity index (χ2v) is 2.24. The van der Waals surface area contributed by atoms with Crippen molar-refractivity contribution in [2.45, 2.75) is 19.8 Å². The molecule has 2 N–H and O–H groups in total. The van der Waals surface area contributed by atoms with Crippen LogP contribution in [0.2, 0.25) is 0 Å². The highest BCUT2D eigenvalue weighted by atomic mass is 16.4. The van der Waals surface area contributed by atoms with E-state index in [1.54, 1.807) is 6.08 Å². The Morgan fingerprint density at radius 2 is 2.00 bits per heavy atom. The molecule has 0 unspecified atom stereocenters. The third kappa shape index (κ3) is 23.1. The predicted octanol–water partition coefficient (Wildman–Crippen LogP) is 1.59. The smallest absolute Gasteiger partial charge is 0.300 e. The highest BCUT2D eigenvalue weighted by Crippen LogP contribution is 2.01. The Bertz CT molecular complexity index is 146. The van der Waals surface area contributed by atoms with Crippen molar-refractivity contribution < 1.29 is 15.0 Å². The summed E-state index contributed by atoms with van der Waals surface area (Å²) in [6.07, 6.45) is 3.31. The number of hydrogen-bond acceptors (Lipinski definition) is 2. The van der Waals surface area contributed by atoms with E-state index in [1.165, 1.54) is 0 Å². The van der Waals surface area contributed by atoms with Crippen LogP contribution in [-0.4, -0.2) is 22.8 Å². The largest absolute Gasteiger partial charge is 0.481 e. The zero-order chi connectivity index (χ0) is 9.98. The van der Waals surface area contributed by atoms with Gasteiger partial charge in [-0.1, -0.05) is 18.2 Å². The molecule has 0 saturated heterocycles. The van der Waals surface area contributed by atoms with Gasteiger partial charge in [-0.2, -0.15) is 0 Å². The van der Waals surface area contributed by atoms with E-state index in [4.69, 9.17) is 15.0 Å². The number of aliphatic carboxylic acids is 1. The number of aliphatic hydroxyl groups excluding tert-OH is 1. The second-order valence-electron chi connectivity index (χ2n) is 2.24. The first kappa shape index (κ1) is 13.5. The molecule has 0 aromatic carbocycles. The van der Waals surface area contributed by atoms with Crippen LogP contribution in [0, 0.1) is 0 Å². The SMILES string of the molecule is C=CCC(=C)CCO.CC(=O)O. The van der Waals surface area contributed by atoms with Crippen LogP contribution in [0.4, 0.5) is 0 Å². The van der Waals surface area contributed by atoms with Crippen molar-refractivity contribution in [3.63, 3.8) is 0 Å². The van der Waals surface area contributed by atoms with E-state index in [-0.39, 0.29) is 6.61 Å². The standard InChI is InChI=1S/C7H12O.C2H4O2/c1-3-4-7(2)5-6-8;1-2(3)4/h3,8H,1-2,4-6H2;1H3,(H,3,4). The van der Waals surface area contributed by atoms with Gasteiger partial charge in [-0.15, -0.1) is 6.58 Å². The Labute approximate surface area is 73.0 Å². The number of rotatable bonds is 4. The third-order valence-electron chi connectivity index (χ3n) is 0.898. The van der Waals surface area contributed by atoms with Crippen molar-refractivity contribution in [2.75, 3.05) is 6.61 Å². The van der Waals surface area contributed by atoms with Gasteiger partial charge in [-0.05, 0) is 12.8 Å². The lowest BCUT2D eigenvalue weighted by Crippen LogP contribution is -1.84. The zero-order valence-corrected chi connectivity index (χ0v) is 7.42. The van der Waals surface area contributed by atoms with Crippen LogP contribution in [-0.2, 0) is 4.79 Å². The van der Waals surface area contributed by atoms with Crippen molar-refractivity contribution in [3.8, 4) is 0 Å². The Kier molecular flexibility index (Phi) is 11.1. The topological polar surface area (TPSA) is 57.5 Å². The molecule has 0 amide bonds. The van der Waals surface area contributed by atoms with Crippen molar-refractivity contribution in [2.24, 2.45) is 0 Å². The summed E-state index contributed by atoms with van der Waals surface area (Å²) >= 11 is 0. The quantitative estimate of drug-likeness (QED) is 0.633. The Morgan fingerprint density at radius 3 is 2.25 bits per heavy atom.